The summed E-state index contributed by atoms with van der Waals surface area (Å²) in [5.74, 6) is 0.633. The molecular weight excluding hydrogens is 234 g/mol. The van der Waals surface area contributed by atoms with Crippen molar-refractivity contribution in [2.45, 2.75) is 37.5 Å². The van der Waals surface area contributed by atoms with Crippen LogP contribution in [-0.2, 0) is 9.84 Å². The molecule has 0 heterocycles. The number of rotatable bonds is 3. The Balaban J connectivity index is 2.21. The molecule has 3 nitrogen and oxygen atoms in total. The van der Waals surface area contributed by atoms with Crippen LogP contribution >= 0.6 is 0 Å². The molecule has 0 radical (unpaired) electrons. The highest BCUT2D eigenvalue weighted by Gasteiger charge is 2.24. The van der Waals surface area contributed by atoms with Crippen LogP contribution in [0.4, 0.5) is 5.69 Å². The van der Waals surface area contributed by atoms with Crippen molar-refractivity contribution in [2.24, 2.45) is 5.92 Å². The minimum absolute atomic E-state index is 0.288. The van der Waals surface area contributed by atoms with Crippen molar-refractivity contribution in [2.75, 3.05) is 11.5 Å². The summed E-state index contributed by atoms with van der Waals surface area (Å²) >= 11 is 0. The lowest BCUT2D eigenvalue weighted by atomic mass is 10.1. The fourth-order valence-corrected chi connectivity index (χ4v) is 4.20. The molecule has 1 aromatic rings. The van der Waals surface area contributed by atoms with Crippen LogP contribution in [0.15, 0.2) is 23.1 Å². The number of hydrogen-bond acceptors (Lipinski definition) is 3. The third-order valence-corrected chi connectivity index (χ3v) is 5.41. The molecule has 17 heavy (non-hydrogen) atoms. The van der Waals surface area contributed by atoms with Crippen molar-refractivity contribution in [3.05, 3.63) is 23.8 Å². The predicted molar refractivity (Wildman–Crippen MR) is 69.6 cm³/mol. The van der Waals surface area contributed by atoms with E-state index in [-0.39, 0.29) is 5.75 Å². The van der Waals surface area contributed by atoms with Gasteiger partial charge in [-0.2, -0.15) is 0 Å². The Morgan fingerprint density at radius 2 is 1.94 bits per heavy atom. The van der Waals surface area contributed by atoms with Crippen molar-refractivity contribution in [1.29, 1.82) is 0 Å². The molecule has 4 heteroatoms. The molecule has 0 bridgehead atoms. The van der Waals surface area contributed by atoms with Crippen LogP contribution in [0.3, 0.4) is 0 Å². The molecule has 94 valence electrons. The topological polar surface area (TPSA) is 60.2 Å². The lowest BCUT2D eigenvalue weighted by Crippen LogP contribution is -2.14. The maximum Gasteiger partial charge on any atom is 0.178 e. The third kappa shape index (κ3) is 2.80. The number of aryl methyl sites for hydroxylation is 1. The lowest BCUT2D eigenvalue weighted by molar-refractivity contribution is 0.559. The van der Waals surface area contributed by atoms with Gasteiger partial charge in [0.1, 0.15) is 0 Å². The molecule has 0 saturated heterocycles. The Bertz CT molecular complexity index is 502. The highest BCUT2D eigenvalue weighted by Crippen LogP contribution is 2.28. The SMILES string of the molecule is Cc1cc(S(=O)(=O)CC2CCCC2)ccc1N. The van der Waals surface area contributed by atoms with Crippen LogP contribution in [0.2, 0.25) is 0 Å². The van der Waals surface area contributed by atoms with E-state index in [1.54, 1.807) is 18.2 Å². The van der Waals surface area contributed by atoms with Crippen LogP contribution in [0, 0.1) is 12.8 Å². The second kappa shape index (κ2) is 4.69. The average Bonchev–Trinajstić information content (AvgIpc) is 2.73. The Morgan fingerprint density at radius 1 is 1.29 bits per heavy atom. The first kappa shape index (κ1) is 12.4. The monoisotopic (exact) mass is 253 g/mol. The van der Waals surface area contributed by atoms with Gasteiger partial charge in [-0.05, 0) is 49.4 Å². The maximum absolute atomic E-state index is 12.2. The zero-order valence-electron chi connectivity index (χ0n) is 10.1. The smallest absolute Gasteiger partial charge is 0.178 e. The zero-order valence-corrected chi connectivity index (χ0v) is 11.0. The second-order valence-electron chi connectivity index (χ2n) is 4.95. The molecule has 1 fully saturated rings. The van der Waals surface area contributed by atoms with E-state index in [1.165, 1.54) is 12.8 Å². The number of hydrogen-bond donors (Lipinski definition) is 1. The highest BCUT2D eigenvalue weighted by molar-refractivity contribution is 7.91. The molecule has 0 atom stereocenters. The van der Waals surface area contributed by atoms with Crippen molar-refractivity contribution in [3.63, 3.8) is 0 Å². The maximum atomic E-state index is 12.2. The van der Waals surface area contributed by atoms with Crippen molar-refractivity contribution in [3.8, 4) is 0 Å². The summed E-state index contributed by atoms with van der Waals surface area (Å²) in [5, 5.41) is 0. The Morgan fingerprint density at radius 3 is 2.53 bits per heavy atom. The molecule has 1 aromatic carbocycles. The van der Waals surface area contributed by atoms with Crippen LogP contribution < -0.4 is 5.73 Å². The normalized spacial score (nSPS) is 17.5. The molecule has 1 saturated carbocycles. The minimum Gasteiger partial charge on any atom is -0.399 e. The number of anilines is 1. The fourth-order valence-electron chi connectivity index (χ4n) is 2.43. The van der Waals surface area contributed by atoms with E-state index in [0.29, 0.717) is 16.5 Å². The molecule has 0 amide bonds. The van der Waals surface area contributed by atoms with E-state index >= 15 is 0 Å². The summed E-state index contributed by atoms with van der Waals surface area (Å²) in [7, 11) is -3.14. The number of benzene rings is 1. The van der Waals surface area contributed by atoms with Crippen molar-refractivity contribution < 1.29 is 8.42 Å². The van der Waals surface area contributed by atoms with Gasteiger partial charge in [-0.1, -0.05) is 12.8 Å². The quantitative estimate of drug-likeness (QED) is 0.842. The summed E-state index contributed by atoms with van der Waals surface area (Å²) in [5.41, 5.74) is 7.18. The molecule has 0 spiro atoms. The molecule has 0 aliphatic heterocycles. The van der Waals surface area contributed by atoms with Crippen molar-refractivity contribution >= 4 is 15.5 Å². The average molecular weight is 253 g/mol. The Kier molecular flexibility index (Phi) is 3.43. The van der Waals surface area contributed by atoms with Gasteiger partial charge in [-0.15, -0.1) is 0 Å². The lowest BCUT2D eigenvalue weighted by Gasteiger charge is -2.11. The van der Waals surface area contributed by atoms with E-state index in [9.17, 15) is 8.42 Å². The molecule has 0 aromatic heterocycles. The molecule has 1 aliphatic rings. The van der Waals surface area contributed by atoms with Gasteiger partial charge in [0.05, 0.1) is 10.6 Å². The van der Waals surface area contributed by atoms with E-state index in [4.69, 9.17) is 5.73 Å². The van der Waals surface area contributed by atoms with Gasteiger partial charge in [-0.3, -0.25) is 0 Å². The predicted octanol–water partition coefficient (Wildman–Crippen LogP) is 2.54. The van der Waals surface area contributed by atoms with Crippen molar-refractivity contribution in [1.82, 2.24) is 0 Å². The largest absolute Gasteiger partial charge is 0.399 e. The first-order valence-corrected chi connectivity index (χ1v) is 7.73. The van der Waals surface area contributed by atoms with E-state index in [2.05, 4.69) is 0 Å². The molecular formula is C13H19NO2S. The van der Waals surface area contributed by atoms with Crippen LogP contribution in [0.25, 0.3) is 0 Å². The summed E-state index contributed by atoms with van der Waals surface area (Å²) in [6.07, 6.45) is 4.43. The first-order valence-electron chi connectivity index (χ1n) is 6.08. The Hall–Kier alpha value is -1.03. The molecule has 0 unspecified atom stereocenters. The van der Waals surface area contributed by atoms with E-state index in [1.807, 2.05) is 6.92 Å². The van der Waals surface area contributed by atoms with Crippen LogP contribution in [-0.4, -0.2) is 14.2 Å². The molecule has 1 aliphatic carbocycles. The van der Waals surface area contributed by atoms with Crippen LogP contribution in [0.5, 0.6) is 0 Å². The Labute approximate surface area is 103 Å². The molecule has 2 N–H and O–H groups in total. The number of nitrogen functional groups attached to an aromatic ring is 1. The van der Waals surface area contributed by atoms with E-state index in [0.717, 1.165) is 18.4 Å². The summed E-state index contributed by atoms with van der Waals surface area (Å²) < 4.78 is 24.4. The van der Waals surface area contributed by atoms with Crippen LogP contribution in [0.1, 0.15) is 31.2 Å². The first-order chi connectivity index (χ1) is 7.99. The number of sulfone groups is 1. The van der Waals surface area contributed by atoms with Gasteiger partial charge in [-0.25, -0.2) is 8.42 Å². The van der Waals surface area contributed by atoms with E-state index < -0.39 is 9.84 Å². The zero-order chi connectivity index (χ0) is 12.5. The third-order valence-electron chi connectivity index (χ3n) is 3.53. The van der Waals surface area contributed by atoms with Gasteiger partial charge >= 0.3 is 0 Å². The highest BCUT2D eigenvalue weighted by atomic mass is 32.2. The fraction of sp³-hybridized carbons (Fsp3) is 0.538. The molecule has 2 rings (SSSR count). The van der Waals surface area contributed by atoms with Gasteiger partial charge in [0, 0.05) is 5.69 Å². The van der Waals surface area contributed by atoms with Gasteiger partial charge in [0.15, 0.2) is 9.84 Å². The summed E-state index contributed by atoms with van der Waals surface area (Å²) in [4.78, 5) is 0.413. The summed E-state index contributed by atoms with van der Waals surface area (Å²) in [6, 6.07) is 4.98. The second-order valence-corrected chi connectivity index (χ2v) is 6.98. The number of nitrogens with two attached hydrogens (primary N) is 1. The van der Waals surface area contributed by atoms with Gasteiger partial charge in [0.2, 0.25) is 0 Å². The van der Waals surface area contributed by atoms with Gasteiger partial charge < -0.3 is 5.73 Å². The summed E-state index contributed by atoms with van der Waals surface area (Å²) in [6.45, 7) is 1.84. The minimum atomic E-state index is -3.14. The van der Waals surface area contributed by atoms with Gasteiger partial charge in [0.25, 0.3) is 0 Å². The standard InChI is InChI=1S/C13H19NO2S/c1-10-8-12(6-7-13(10)14)17(15,16)9-11-4-2-3-5-11/h6-8,11H,2-5,9,14H2,1H3.